The highest BCUT2D eigenvalue weighted by atomic mass is 32.2. The van der Waals surface area contributed by atoms with Gasteiger partial charge in [-0.3, -0.25) is 9.69 Å². The molecule has 0 fully saturated rings. The van der Waals surface area contributed by atoms with Crippen molar-refractivity contribution in [3.8, 4) is 0 Å². The van der Waals surface area contributed by atoms with Crippen LogP contribution in [-0.2, 0) is 38.1 Å². The summed E-state index contributed by atoms with van der Waals surface area (Å²) in [5.41, 5.74) is 0.804. The number of anilines is 1. The number of carbonyl (C=O) groups is 5. The van der Waals surface area contributed by atoms with Gasteiger partial charge in [-0.25, -0.2) is 23.6 Å². The number of nitrogens with zero attached hydrogens (tertiary/aromatic N) is 1. The van der Waals surface area contributed by atoms with Crippen LogP contribution < -0.4 is 4.90 Å². The zero-order chi connectivity index (χ0) is 33.7. The Morgan fingerprint density at radius 2 is 1.33 bits per heavy atom. The van der Waals surface area contributed by atoms with Gasteiger partial charge in [-0.05, 0) is 50.6 Å². The van der Waals surface area contributed by atoms with Crippen molar-refractivity contribution in [1.82, 2.24) is 0 Å². The predicted octanol–water partition coefficient (Wildman–Crippen LogP) is 5.37. The van der Waals surface area contributed by atoms with Crippen LogP contribution >= 0.6 is 35.3 Å². The van der Waals surface area contributed by atoms with Crippen molar-refractivity contribution in [1.29, 1.82) is 0 Å². The van der Waals surface area contributed by atoms with E-state index in [0.29, 0.717) is 21.7 Å². The van der Waals surface area contributed by atoms with Gasteiger partial charge in [0.15, 0.2) is 0 Å². The molecule has 2 aromatic carbocycles. The third-order valence-corrected chi connectivity index (χ3v) is 12.2. The number of methoxy groups -OCH3 is 4. The van der Waals surface area contributed by atoms with Crippen LogP contribution in [0, 0.1) is 12.7 Å². The number of hydrogen-bond donors (Lipinski definition) is 0. The number of ether oxygens (including phenoxy) is 4. The van der Waals surface area contributed by atoms with Crippen molar-refractivity contribution in [3.63, 3.8) is 0 Å². The molecule has 0 bridgehead atoms. The highest BCUT2D eigenvalue weighted by Crippen LogP contribution is 2.71. The number of fused-ring (bicyclic) bond motifs is 3. The van der Waals surface area contributed by atoms with Gasteiger partial charge >= 0.3 is 23.9 Å². The van der Waals surface area contributed by atoms with Gasteiger partial charge in [0.2, 0.25) is 0 Å². The molecular formula is C32H28FNO9S3. The summed E-state index contributed by atoms with van der Waals surface area (Å²) in [6.07, 6.45) is 0. The molecule has 3 aliphatic rings. The Morgan fingerprint density at radius 3 is 1.87 bits per heavy atom. The van der Waals surface area contributed by atoms with Crippen LogP contribution in [0.2, 0.25) is 0 Å². The second-order valence-corrected chi connectivity index (χ2v) is 14.4. The number of rotatable bonds is 5. The topological polar surface area (TPSA) is 126 Å². The third kappa shape index (κ3) is 5.12. The average Bonchev–Trinajstić information content (AvgIpc) is 3.43. The molecule has 5 rings (SSSR count). The van der Waals surface area contributed by atoms with E-state index in [-0.39, 0.29) is 25.9 Å². The molecule has 0 aromatic heterocycles. The molecule has 0 atom stereocenters. The van der Waals surface area contributed by atoms with Crippen molar-refractivity contribution in [2.75, 3.05) is 33.3 Å². The highest BCUT2D eigenvalue weighted by Gasteiger charge is 2.61. The summed E-state index contributed by atoms with van der Waals surface area (Å²) >= 11 is 2.61. The maximum absolute atomic E-state index is 14.3. The van der Waals surface area contributed by atoms with Crippen molar-refractivity contribution < 1.29 is 47.3 Å². The molecule has 0 saturated carbocycles. The predicted molar refractivity (Wildman–Crippen MR) is 173 cm³/mol. The number of halogens is 1. The summed E-state index contributed by atoms with van der Waals surface area (Å²) in [7, 11) is 4.60. The molecule has 14 heteroatoms. The number of hydrogen-bond acceptors (Lipinski definition) is 12. The smallest absolute Gasteiger partial charge is 0.345 e. The zero-order valence-electron chi connectivity index (χ0n) is 25.8. The highest BCUT2D eigenvalue weighted by molar-refractivity contribution is 8.26. The summed E-state index contributed by atoms with van der Waals surface area (Å²) in [6, 6.07) is 10.7. The third-order valence-electron chi connectivity index (χ3n) is 7.57. The van der Waals surface area contributed by atoms with Gasteiger partial charge in [-0.15, -0.1) is 0 Å². The van der Waals surface area contributed by atoms with Gasteiger partial charge in [0, 0.05) is 21.6 Å². The van der Waals surface area contributed by atoms with E-state index < -0.39 is 45.2 Å². The molecule has 0 saturated heterocycles. The van der Waals surface area contributed by atoms with Gasteiger partial charge in [-0.2, -0.15) is 0 Å². The van der Waals surface area contributed by atoms with Crippen molar-refractivity contribution >= 4 is 76.3 Å². The maximum atomic E-state index is 14.3. The molecule has 1 spiro atoms. The molecule has 0 N–H and O–H groups in total. The lowest BCUT2D eigenvalue weighted by Gasteiger charge is -2.50. The van der Waals surface area contributed by atoms with Crippen LogP contribution in [-0.4, -0.2) is 67.8 Å². The number of thioether (sulfide) groups is 3. The SMILES string of the molecule is COC(=O)C1=C(C(=O)OC)SC2(S1)C(C(=O)OC)=C(C(=O)OC)SC1=C2c2ccc(C)cc2N(C(=O)c2cccc(F)c2)C1(C)C. The minimum absolute atomic E-state index is 0.0892. The van der Waals surface area contributed by atoms with E-state index in [9.17, 15) is 28.4 Å². The fourth-order valence-corrected chi connectivity index (χ4v) is 10.6. The molecule has 0 radical (unpaired) electrons. The molecule has 0 aliphatic carbocycles. The standard InChI is InChI=1S/C32H28FNO9S3/c1-15-11-12-18-19(13-15)34(26(35)16-9-8-10-17(33)14-16)31(2,3)25-20(18)32(21(27(36)40-4)22(44-25)28(37)41-5)45-23(29(38)42-6)24(46-32)30(39)43-7/h8-14H,1-7H3. The van der Waals surface area contributed by atoms with E-state index in [1.807, 2.05) is 13.0 Å². The van der Waals surface area contributed by atoms with Gasteiger partial charge in [0.25, 0.3) is 5.91 Å². The Balaban J connectivity index is 1.89. The Morgan fingerprint density at radius 1 is 0.761 bits per heavy atom. The number of carbonyl (C=O) groups excluding carboxylic acids is 5. The van der Waals surface area contributed by atoms with Crippen LogP contribution in [0.3, 0.4) is 0 Å². The number of aryl methyl sites for hydroxylation is 1. The quantitative estimate of drug-likeness (QED) is 0.297. The van der Waals surface area contributed by atoms with Gasteiger partial charge in [-0.1, -0.05) is 53.5 Å². The van der Waals surface area contributed by atoms with Crippen LogP contribution in [0.1, 0.15) is 35.3 Å². The van der Waals surface area contributed by atoms with Crippen LogP contribution in [0.4, 0.5) is 10.1 Å². The average molecular weight is 686 g/mol. The number of amides is 1. The first-order valence-electron chi connectivity index (χ1n) is 13.6. The summed E-state index contributed by atoms with van der Waals surface area (Å²) in [5, 5.41) is 0. The van der Waals surface area contributed by atoms with E-state index in [2.05, 4.69) is 0 Å². The zero-order valence-corrected chi connectivity index (χ0v) is 28.2. The Hall–Kier alpha value is -4.01. The molecule has 3 aliphatic heterocycles. The van der Waals surface area contributed by atoms with E-state index >= 15 is 0 Å². The normalized spacial score (nSPS) is 17.8. The summed E-state index contributed by atoms with van der Waals surface area (Å²) in [4.78, 5) is 69.3. The van der Waals surface area contributed by atoms with Crippen molar-refractivity contribution in [2.45, 2.75) is 30.4 Å². The van der Waals surface area contributed by atoms with Gasteiger partial charge < -0.3 is 18.9 Å². The molecule has 1 amide bonds. The van der Waals surface area contributed by atoms with Gasteiger partial charge in [0.1, 0.15) is 24.6 Å². The maximum Gasteiger partial charge on any atom is 0.345 e. The van der Waals surface area contributed by atoms with Crippen molar-refractivity contribution in [2.24, 2.45) is 0 Å². The molecule has 10 nitrogen and oxygen atoms in total. The van der Waals surface area contributed by atoms with E-state index in [1.54, 1.807) is 26.0 Å². The molecule has 0 unspecified atom stereocenters. The summed E-state index contributed by atoms with van der Waals surface area (Å²) in [6.45, 7) is 5.35. The Kier molecular flexibility index (Phi) is 8.92. The fraction of sp³-hybridized carbons (Fsp3) is 0.281. The summed E-state index contributed by atoms with van der Waals surface area (Å²) < 4.78 is 33.0. The molecule has 2 aromatic rings. The first-order valence-corrected chi connectivity index (χ1v) is 16.1. The van der Waals surface area contributed by atoms with E-state index in [1.165, 1.54) is 23.1 Å². The second kappa shape index (κ2) is 12.3. The van der Waals surface area contributed by atoms with Gasteiger partial charge in [0.05, 0.1) is 45.2 Å². The van der Waals surface area contributed by atoms with Crippen LogP contribution in [0.15, 0.2) is 67.7 Å². The molecule has 46 heavy (non-hydrogen) atoms. The van der Waals surface area contributed by atoms with Crippen LogP contribution in [0.25, 0.3) is 5.57 Å². The minimum atomic E-state index is -1.69. The number of esters is 4. The van der Waals surface area contributed by atoms with Crippen LogP contribution in [0.5, 0.6) is 0 Å². The first-order chi connectivity index (χ1) is 21.8. The molecule has 3 heterocycles. The lowest BCUT2D eigenvalue weighted by atomic mass is 9.82. The fourth-order valence-electron chi connectivity index (χ4n) is 5.54. The largest absolute Gasteiger partial charge is 0.466 e. The Labute approximate surface area is 276 Å². The summed E-state index contributed by atoms with van der Waals surface area (Å²) in [5.74, 6) is -4.61. The lowest BCUT2D eigenvalue weighted by molar-refractivity contribution is -0.138. The van der Waals surface area contributed by atoms with E-state index in [4.69, 9.17) is 18.9 Å². The second-order valence-electron chi connectivity index (χ2n) is 10.7. The van der Waals surface area contributed by atoms with E-state index in [0.717, 1.165) is 75.4 Å². The van der Waals surface area contributed by atoms with Crippen molar-refractivity contribution in [3.05, 3.63) is 90.2 Å². The number of benzene rings is 2. The first kappa shape index (κ1) is 33.4. The minimum Gasteiger partial charge on any atom is -0.466 e. The molecular weight excluding hydrogens is 658 g/mol. The molecule has 240 valence electrons. The lowest BCUT2D eigenvalue weighted by Crippen LogP contribution is -2.53. The monoisotopic (exact) mass is 685 g/mol. The Bertz CT molecular complexity index is 1800.